The molecule has 0 saturated carbocycles. The van der Waals surface area contributed by atoms with E-state index >= 15 is 0 Å². The zero-order valence-electron chi connectivity index (χ0n) is 9.91. The molecule has 0 fully saturated rings. The van der Waals surface area contributed by atoms with Crippen LogP contribution >= 0.6 is 0 Å². The van der Waals surface area contributed by atoms with Crippen molar-refractivity contribution >= 4 is 0 Å². The van der Waals surface area contributed by atoms with Crippen LogP contribution in [0.5, 0.6) is 0 Å². The molecule has 0 amide bonds. The number of benzene rings is 1. The van der Waals surface area contributed by atoms with Crippen LogP contribution in [0.15, 0.2) is 36.8 Å². The van der Waals surface area contributed by atoms with Crippen molar-refractivity contribution in [2.75, 3.05) is 6.61 Å². The first kappa shape index (κ1) is 12.3. The molecule has 18 heavy (non-hydrogen) atoms. The first-order valence-electron chi connectivity index (χ1n) is 5.42. The van der Waals surface area contributed by atoms with E-state index in [-0.39, 0.29) is 0 Å². The van der Waals surface area contributed by atoms with E-state index in [2.05, 4.69) is 4.98 Å². The number of aryl methyl sites for hydroxylation is 1. The summed E-state index contributed by atoms with van der Waals surface area (Å²) in [5.74, 6) is 0. The van der Waals surface area contributed by atoms with Crippen LogP contribution in [0.4, 0.5) is 0 Å². The molecule has 1 aromatic carbocycles. The zero-order chi connectivity index (χ0) is 13.2. The summed E-state index contributed by atoms with van der Waals surface area (Å²) in [6.07, 6.45) is 3.06. The Labute approximate surface area is 105 Å². The molecule has 92 valence electrons. The average molecular weight is 243 g/mol. The van der Waals surface area contributed by atoms with Crippen molar-refractivity contribution in [2.24, 2.45) is 7.05 Å². The van der Waals surface area contributed by atoms with Gasteiger partial charge in [0.1, 0.15) is 0 Å². The molecule has 0 aliphatic carbocycles. The van der Waals surface area contributed by atoms with Crippen LogP contribution in [0.1, 0.15) is 16.8 Å². The van der Waals surface area contributed by atoms with Crippen LogP contribution in [0.25, 0.3) is 0 Å². The third-order valence-electron chi connectivity index (χ3n) is 2.96. The van der Waals surface area contributed by atoms with E-state index in [1.807, 2.05) is 6.07 Å². The van der Waals surface area contributed by atoms with Crippen LogP contribution < -0.4 is 0 Å². The van der Waals surface area contributed by atoms with Gasteiger partial charge in [0, 0.05) is 7.05 Å². The second-order valence-electron chi connectivity index (χ2n) is 4.10. The average Bonchev–Trinajstić information content (AvgIpc) is 2.85. The summed E-state index contributed by atoms with van der Waals surface area (Å²) in [6, 6.07) is 8.47. The Morgan fingerprint density at radius 2 is 2.06 bits per heavy atom. The van der Waals surface area contributed by atoms with Crippen LogP contribution in [0.3, 0.4) is 0 Å². The van der Waals surface area contributed by atoms with Gasteiger partial charge in [-0.1, -0.05) is 12.1 Å². The van der Waals surface area contributed by atoms with Gasteiger partial charge in [0.15, 0.2) is 5.60 Å². The number of imidazole rings is 1. The first-order chi connectivity index (χ1) is 8.61. The molecule has 0 spiro atoms. The summed E-state index contributed by atoms with van der Waals surface area (Å²) in [5, 5.41) is 28.8. The van der Waals surface area contributed by atoms with Gasteiger partial charge in [0.2, 0.25) is 0 Å². The summed E-state index contributed by atoms with van der Waals surface area (Å²) in [4.78, 5) is 3.93. The number of nitriles is 1. The minimum atomic E-state index is -1.51. The first-order valence-corrected chi connectivity index (χ1v) is 5.42. The van der Waals surface area contributed by atoms with Crippen molar-refractivity contribution < 1.29 is 10.2 Å². The van der Waals surface area contributed by atoms with E-state index < -0.39 is 12.2 Å². The monoisotopic (exact) mass is 243 g/mol. The number of rotatable bonds is 3. The largest absolute Gasteiger partial charge is 0.393 e. The van der Waals surface area contributed by atoms with Crippen LogP contribution in [-0.4, -0.2) is 26.4 Å². The SMILES string of the molecule is Cn1cncc1C(O)(CO)c1ccc(C#N)cc1. The number of aliphatic hydroxyl groups excluding tert-OH is 1. The number of hydrogen-bond acceptors (Lipinski definition) is 4. The van der Waals surface area contributed by atoms with E-state index in [1.54, 1.807) is 42.2 Å². The van der Waals surface area contributed by atoms with Gasteiger partial charge < -0.3 is 14.8 Å². The Hall–Kier alpha value is -2.16. The zero-order valence-corrected chi connectivity index (χ0v) is 9.91. The van der Waals surface area contributed by atoms with Crippen molar-refractivity contribution in [2.45, 2.75) is 5.60 Å². The summed E-state index contributed by atoms with van der Waals surface area (Å²) < 4.78 is 1.65. The number of hydrogen-bond donors (Lipinski definition) is 2. The van der Waals surface area contributed by atoms with Gasteiger partial charge in [-0.15, -0.1) is 0 Å². The third-order valence-corrected chi connectivity index (χ3v) is 2.96. The summed E-state index contributed by atoms with van der Waals surface area (Å²) in [6.45, 7) is -0.460. The normalized spacial score (nSPS) is 13.9. The van der Waals surface area contributed by atoms with E-state index in [0.29, 0.717) is 16.8 Å². The van der Waals surface area contributed by atoms with Gasteiger partial charge >= 0.3 is 0 Å². The highest BCUT2D eigenvalue weighted by atomic mass is 16.3. The van der Waals surface area contributed by atoms with Gasteiger partial charge in [0.25, 0.3) is 0 Å². The molecule has 5 nitrogen and oxygen atoms in total. The Morgan fingerprint density at radius 3 is 2.50 bits per heavy atom. The molecule has 2 N–H and O–H groups in total. The molecule has 1 atom stereocenters. The fraction of sp³-hybridized carbons (Fsp3) is 0.231. The number of aromatic nitrogens is 2. The van der Waals surface area contributed by atoms with E-state index in [1.165, 1.54) is 6.20 Å². The second-order valence-corrected chi connectivity index (χ2v) is 4.10. The van der Waals surface area contributed by atoms with E-state index in [9.17, 15) is 10.2 Å². The molecule has 2 rings (SSSR count). The van der Waals surface area contributed by atoms with Crippen molar-refractivity contribution in [3.05, 3.63) is 53.6 Å². The minimum absolute atomic E-state index is 0.460. The standard InChI is InChI=1S/C13H13N3O2/c1-16-9-15-7-12(16)13(18,8-17)11-4-2-10(6-14)3-5-11/h2-5,7,9,17-18H,8H2,1H3. The molecule has 1 aromatic heterocycles. The lowest BCUT2D eigenvalue weighted by Gasteiger charge is -2.26. The predicted molar refractivity (Wildman–Crippen MR) is 64.4 cm³/mol. The molecular formula is C13H13N3O2. The van der Waals surface area contributed by atoms with Gasteiger partial charge in [-0.3, -0.25) is 0 Å². The maximum Gasteiger partial charge on any atom is 0.154 e. The maximum absolute atomic E-state index is 10.6. The molecule has 5 heteroatoms. The fourth-order valence-electron chi connectivity index (χ4n) is 1.90. The smallest absolute Gasteiger partial charge is 0.154 e. The minimum Gasteiger partial charge on any atom is -0.393 e. The molecule has 0 bridgehead atoms. The molecule has 1 unspecified atom stereocenters. The molecule has 0 aliphatic heterocycles. The van der Waals surface area contributed by atoms with Crippen molar-refractivity contribution in [3.63, 3.8) is 0 Å². The van der Waals surface area contributed by atoms with Crippen molar-refractivity contribution in [1.29, 1.82) is 5.26 Å². The van der Waals surface area contributed by atoms with E-state index in [0.717, 1.165) is 0 Å². The molecular weight excluding hydrogens is 230 g/mol. The lowest BCUT2D eigenvalue weighted by Crippen LogP contribution is -2.33. The second kappa shape index (κ2) is 4.61. The summed E-state index contributed by atoms with van der Waals surface area (Å²) >= 11 is 0. The number of nitrogens with zero attached hydrogens (tertiary/aromatic N) is 3. The molecule has 0 radical (unpaired) electrons. The molecule has 1 heterocycles. The lowest BCUT2D eigenvalue weighted by molar-refractivity contribution is 0.0115. The Balaban J connectivity index is 2.50. The lowest BCUT2D eigenvalue weighted by atomic mass is 9.91. The fourth-order valence-corrected chi connectivity index (χ4v) is 1.90. The van der Waals surface area contributed by atoms with Gasteiger partial charge in [0.05, 0.1) is 36.5 Å². The predicted octanol–water partition coefficient (Wildman–Crippen LogP) is 0.520. The summed E-state index contributed by atoms with van der Waals surface area (Å²) in [7, 11) is 1.74. The quantitative estimate of drug-likeness (QED) is 0.823. The molecule has 2 aromatic rings. The highest BCUT2D eigenvalue weighted by Crippen LogP contribution is 2.28. The van der Waals surface area contributed by atoms with Crippen LogP contribution in [-0.2, 0) is 12.6 Å². The highest BCUT2D eigenvalue weighted by molar-refractivity contribution is 5.37. The highest BCUT2D eigenvalue weighted by Gasteiger charge is 2.33. The van der Waals surface area contributed by atoms with Crippen molar-refractivity contribution in [1.82, 2.24) is 9.55 Å². The van der Waals surface area contributed by atoms with Gasteiger partial charge in [-0.05, 0) is 17.7 Å². The number of aliphatic hydroxyl groups is 2. The van der Waals surface area contributed by atoms with E-state index in [4.69, 9.17) is 5.26 Å². The van der Waals surface area contributed by atoms with Crippen LogP contribution in [0, 0.1) is 11.3 Å². The van der Waals surface area contributed by atoms with Gasteiger partial charge in [-0.25, -0.2) is 4.98 Å². The van der Waals surface area contributed by atoms with Crippen LogP contribution in [0.2, 0.25) is 0 Å². The third kappa shape index (κ3) is 1.88. The Kier molecular flexibility index (Phi) is 3.15. The maximum atomic E-state index is 10.6. The molecule has 0 saturated heterocycles. The van der Waals surface area contributed by atoms with Crippen molar-refractivity contribution in [3.8, 4) is 6.07 Å². The Morgan fingerprint density at radius 1 is 1.39 bits per heavy atom. The molecule has 0 aliphatic rings. The topological polar surface area (TPSA) is 82.1 Å². The summed E-state index contributed by atoms with van der Waals surface area (Å²) in [5.41, 5.74) is 0.00512. The van der Waals surface area contributed by atoms with Gasteiger partial charge in [-0.2, -0.15) is 5.26 Å². The Bertz CT molecular complexity index is 583.